The van der Waals surface area contributed by atoms with Gasteiger partial charge in [0.2, 0.25) is 6.41 Å². The molecule has 0 aliphatic carbocycles. The Morgan fingerprint density at radius 2 is 2.26 bits per heavy atom. The Kier molecular flexibility index (Phi) is 4.12. The Bertz CT molecular complexity index is 566. The fourth-order valence-electron chi connectivity index (χ4n) is 1.83. The van der Waals surface area contributed by atoms with Crippen molar-refractivity contribution >= 4 is 12.1 Å². The van der Waals surface area contributed by atoms with Crippen LogP contribution < -0.4 is 10.1 Å². The Labute approximate surface area is 111 Å². The zero-order chi connectivity index (χ0) is 13.7. The van der Waals surface area contributed by atoms with Crippen LogP contribution in [0.1, 0.15) is 13.8 Å². The molecule has 1 N–H and O–H groups in total. The summed E-state index contributed by atoms with van der Waals surface area (Å²) in [6.07, 6.45) is 2.32. The minimum atomic E-state index is 0.525. The number of nitrogens with zero attached hydrogens (tertiary/aromatic N) is 3. The minimum absolute atomic E-state index is 0.525. The fourth-order valence-corrected chi connectivity index (χ4v) is 1.83. The summed E-state index contributed by atoms with van der Waals surface area (Å²) in [6.45, 7) is 5.24. The summed E-state index contributed by atoms with van der Waals surface area (Å²) in [5, 5.41) is 10.6. The quantitative estimate of drug-likeness (QED) is 0.806. The second-order valence-corrected chi connectivity index (χ2v) is 3.85. The third-order valence-corrected chi connectivity index (χ3v) is 2.71. The highest BCUT2D eigenvalue weighted by Crippen LogP contribution is 2.29. The molecular formula is C13H16N4O2. The SMILES string of the molecule is CCOc1cc(-c2nncn2CC)ccc1NC=O. The Morgan fingerprint density at radius 3 is 2.95 bits per heavy atom. The van der Waals surface area contributed by atoms with Crippen molar-refractivity contribution in [2.45, 2.75) is 20.4 Å². The topological polar surface area (TPSA) is 69.0 Å². The maximum Gasteiger partial charge on any atom is 0.211 e. The van der Waals surface area contributed by atoms with Crippen LogP contribution in [0, 0.1) is 0 Å². The van der Waals surface area contributed by atoms with Gasteiger partial charge in [0.1, 0.15) is 12.1 Å². The van der Waals surface area contributed by atoms with Crippen LogP contribution in [-0.2, 0) is 11.3 Å². The highest BCUT2D eigenvalue weighted by atomic mass is 16.5. The van der Waals surface area contributed by atoms with Crippen molar-refractivity contribution in [2.24, 2.45) is 0 Å². The molecular weight excluding hydrogens is 244 g/mol. The van der Waals surface area contributed by atoms with Crippen LogP contribution in [0.4, 0.5) is 5.69 Å². The van der Waals surface area contributed by atoms with Crippen molar-refractivity contribution in [3.05, 3.63) is 24.5 Å². The summed E-state index contributed by atoms with van der Waals surface area (Å²) in [5.41, 5.74) is 1.54. The number of aromatic nitrogens is 3. The summed E-state index contributed by atoms with van der Waals surface area (Å²) in [4.78, 5) is 10.6. The van der Waals surface area contributed by atoms with Gasteiger partial charge >= 0.3 is 0 Å². The summed E-state index contributed by atoms with van der Waals surface area (Å²) in [6, 6.07) is 5.53. The van der Waals surface area contributed by atoms with Gasteiger partial charge in [0, 0.05) is 12.1 Å². The molecule has 100 valence electrons. The number of hydrogen-bond acceptors (Lipinski definition) is 4. The van der Waals surface area contributed by atoms with E-state index in [1.165, 1.54) is 0 Å². The van der Waals surface area contributed by atoms with Crippen molar-refractivity contribution in [1.29, 1.82) is 0 Å². The predicted molar refractivity (Wildman–Crippen MR) is 72.0 cm³/mol. The van der Waals surface area contributed by atoms with E-state index in [0.717, 1.165) is 17.9 Å². The summed E-state index contributed by atoms with van der Waals surface area (Å²) in [5.74, 6) is 1.40. The van der Waals surface area contributed by atoms with E-state index < -0.39 is 0 Å². The van der Waals surface area contributed by atoms with Gasteiger partial charge in [-0.25, -0.2) is 0 Å². The normalized spacial score (nSPS) is 10.2. The molecule has 0 radical (unpaired) electrons. The summed E-state index contributed by atoms with van der Waals surface area (Å²) < 4.78 is 7.47. The molecule has 0 unspecified atom stereocenters. The van der Waals surface area contributed by atoms with Gasteiger partial charge in [-0.3, -0.25) is 4.79 Å². The number of hydrogen-bond donors (Lipinski definition) is 1. The molecule has 6 nitrogen and oxygen atoms in total. The lowest BCUT2D eigenvalue weighted by molar-refractivity contribution is -0.105. The van der Waals surface area contributed by atoms with Gasteiger partial charge < -0.3 is 14.6 Å². The van der Waals surface area contributed by atoms with Gasteiger partial charge in [-0.1, -0.05) is 0 Å². The molecule has 19 heavy (non-hydrogen) atoms. The van der Waals surface area contributed by atoms with E-state index in [1.54, 1.807) is 12.4 Å². The molecule has 1 aromatic carbocycles. The van der Waals surface area contributed by atoms with Crippen molar-refractivity contribution in [2.75, 3.05) is 11.9 Å². The first-order chi connectivity index (χ1) is 9.30. The first-order valence-corrected chi connectivity index (χ1v) is 6.15. The summed E-state index contributed by atoms with van der Waals surface area (Å²) >= 11 is 0. The number of benzene rings is 1. The van der Waals surface area contributed by atoms with E-state index in [1.807, 2.05) is 30.5 Å². The van der Waals surface area contributed by atoms with E-state index in [-0.39, 0.29) is 0 Å². The highest BCUT2D eigenvalue weighted by molar-refractivity contribution is 5.77. The lowest BCUT2D eigenvalue weighted by Crippen LogP contribution is -2.01. The lowest BCUT2D eigenvalue weighted by Gasteiger charge is -2.11. The van der Waals surface area contributed by atoms with Crippen LogP contribution in [0.25, 0.3) is 11.4 Å². The zero-order valence-electron chi connectivity index (χ0n) is 11.0. The average molecular weight is 260 g/mol. The number of nitrogens with one attached hydrogen (secondary N) is 1. The second kappa shape index (κ2) is 5.99. The van der Waals surface area contributed by atoms with Gasteiger partial charge in [-0.2, -0.15) is 0 Å². The third-order valence-electron chi connectivity index (χ3n) is 2.71. The monoisotopic (exact) mass is 260 g/mol. The number of ether oxygens (including phenoxy) is 1. The molecule has 0 spiro atoms. The molecule has 0 saturated heterocycles. The number of aryl methyl sites for hydroxylation is 1. The van der Waals surface area contributed by atoms with Gasteiger partial charge in [0.05, 0.1) is 12.3 Å². The molecule has 0 bridgehead atoms. The first kappa shape index (κ1) is 13.1. The van der Waals surface area contributed by atoms with E-state index in [9.17, 15) is 4.79 Å². The zero-order valence-corrected chi connectivity index (χ0v) is 11.0. The molecule has 0 saturated carbocycles. The Morgan fingerprint density at radius 1 is 1.42 bits per heavy atom. The van der Waals surface area contributed by atoms with E-state index in [0.29, 0.717) is 24.5 Å². The standard InChI is InChI=1S/C13H16N4O2/c1-3-17-8-15-16-13(17)10-5-6-11(14-9-18)12(7-10)19-4-2/h5-9H,3-4H2,1-2H3,(H,14,18). The van der Waals surface area contributed by atoms with Crippen LogP contribution in [0.15, 0.2) is 24.5 Å². The van der Waals surface area contributed by atoms with Gasteiger partial charge in [-0.15, -0.1) is 10.2 Å². The van der Waals surface area contributed by atoms with E-state index in [2.05, 4.69) is 15.5 Å². The van der Waals surface area contributed by atoms with E-state index in [4.69, 9.17) is 4.74 Å². The lowest BCUT2D eigenvalue weighted by atomic mass is 10.1. The molecule has 0 atom stereocenters. The molecule has 2 aromatic rings. The van der Waals surface area contributed by atoms with Crippen LogP contribution >= 0.6 is 0 Å². The largest absolute Gasteiger partial charge is 0.492 e. The van der Waals surface area contributed by atoms with Crippen molar-refractivity contribution < 1.29 is 9.53 Å². The van der Waals surface area contributed by atoms with Crippen LogP contribution in [0.3, 0.4) is 0 Å². The maximum absolute atomic E-state index is 10.6. The fraction of sp³-hybridized carbons (Fsp3) is 0.308. The highest BCUT2D eigenvalue weighted by Gasteiger charge is 2.10. The third kappa shape index (κ3) is 2.73. The van der Waals surface area contributed by atoms with E-state index >= 15 is 0 Å². The second-order valence-electron chi connectivity index (χ2n) is 3.85. The molecule has 1 heterocycles. The molecule has 0 aliphatic heterocycles. The number of carbonyl (C=O) groups excluding carboxylic acids is 1. The van der Waals surface area contributed by atoms with Crippen LogP contribution in [-0.4, -0.2) is 27.8 Å². The molecule has 6 heteroatoms. The molecule has 1 amide bonds. The van der Waals surface area contributed by atoms with Crippen molar-refractivity contribution in [1.82, 2.24) is 14.8 Å². The van der Waals surface area contributed by atoms with Gasteiger partial charge in [-0.05, 0) is 32.0 Å². The number of anilines is 1. The van der Waals surface area contributed by atoms with Crippen molar-refractivity contribution in [3.63, 3.8) is 0 Å². The number of amides is 1. The van der Waals surface area contributed by atoms with Crippen LogP contribution in [0.2, 0.25) is 0 Å². The summed E-state index contributed by atoms with van der Waals surface area (Å²) in [7, 11) is 0. The van der Waals surface area contributed by atoms with Gasteiger partial charge in [0.15, 0.2) is 5.82 Å². The first-order valence-electron chi connectivity index (χ1n) is 6.15. The average Bonchev–Trinajstić information content (AvgIpc) is 2.89. The predicted octanol–water partition coefficient (Wildman–Crippen LogP) is 1.93. The molecule has 1 aromatic heterocycles. The number of rotatable bonds is 6. The molecule has 0 aliphatic rings. The maximum atomic E-state index is 10.6. The van der Waals surface area contributed by atoms with Crippen LogP contribution in [0.5, 0.6) is 5.75 Å². The van der Waals surface area contributed by atoms with Gasteiger partial charge in [0.25, 0.3) is 0 Å². The Balaban J connectivity index is 2.42. The molecule has 2 rings (SSSR count). The minimum Gasteiger partial charge on any atom is -0.492 e. The Hall–Kier alpha value is -2.37. The van der Waals surface area contributed by atoms with Crippen molar-refractivity contribution in [3.8, 4) is 17.1 Å². The molecule has 0 fully saturated rings. The number of carbonyl (C=O) groups is 1. The smallest absolute Gasteiger partial charge is 0.211 e.